The highest BCUT2D eigenvalue weighted by molar-refractivity contribution is 7.18. The van der Waals surface area contributed by atoms with Crippen molar-refractivity contribution in [1.82, 2.24) is 24.8 Å². The number of carbonyl (C=O) groups is 1. The largest absolute Gasteiger partial charge is 0.335 e. The summed E-state index contributed by atoms with van der Waals surface area (Å²) >= 11 is 7.99. The molecule has 1 aromatic carbocycles. The molecule has 1 amide bonds. The van der Waals surface area contributed by atoms with Gasteiger partial charge in [-0.1, -0.05) is 35.9 Å². The number of carbonyl (C=O) groups excluding carboxylic acids is 1. The number of hydrogen-bond donors (Lipinski definition) is 1. The van der Waals surface area contributed by atoms with Gasteiger partial charge in [0.25, 0.3) is 11.5 Å². The SMILES string of the molecule is O=C(c1cc2ccccc2c(Cl)n1)N1CCN(Cc2nc3sc4c(c3c(=O)[nH]2)CCCC4)CC1. The topological polar surface area (TPSA) is 82.2 Å². The van der Waals surface area contributed by atoms with Gasteiger partial charge in [-0.15, -0.1) is 11.3 Å². The number of piperazine rings is 1. The van der Waals surface area contributed by atoms with Gasteiger partial charge >= 0.3 is 0 Å². The molecule has 9 heteroatoms. The quantitative estimate of drug-likeness (QED) is 0.436. The van der Waals surface area contributed by atoms with Crippen molar-refractivity contribution < 1.29 is 4.79 Å². The lowest BCUT2D eigenvalue weighted by Gasteiger charge is -2.34. The summed E-state index contributed by atoms with van der Waals surface area (Å²) in [6.07, 6.45) is 4.36. The molecule has 0 spiro atoms. The van der Waals surface area contributed by atoms with Crippen molar-refractivity contribution in [1.29, 1.82) is 0 Å². The van der Waals surface area contributed by atoms with Crippen LogP contribution >= 0.6 is 22.9 Å². The van der Waals surface area contributed by atoms with Gasteiger partial charge < -0.3 is 9.88 Å². The first kappa shape index (κ1) is 21.7. The average molecular weight is 494 g/mol. The second-order valence-electron chi connectivity index (χ2n) is 8.99. The van der Waals surface area contributed by atoms with Gasteiger partial charge in [0.15, 0.2) is 0 Å². The highest BCUT2D eigenvalue weighted by Crippen LogP contribution is 2.33. The average Bonchev–Trinajstić information content (AvgIpc) is 3.23. The van der Waals surface area contributed by atoms with E-state index in [2.05, 4.69) is 14.9 Å². The molecular formula is C25H24ClN5O2S. The lowest BCUT2D eigenvalue weighted by atomic mass is 9.97. The molecule has 0 bridgehead atoms. The smallest absolute Gasteiger partial charge is 0.272 e. The Morgan fingerprint density at radius 2 is 1.88 bits per heavy atom. The molecule has 1 aliphatic carbocycles. The molecule has 1 fully saturated rings. The van der Waals surface area contributed by atoms with Crippen molar-refractivity contribution in [2.45, 2.75) is 32.2 Å². The van der Waals surface area contributed by atoms with Gasteiger partial charge in [0.2, 0.25) is 0 Å². The number of aromatic amines is 1. The number of nitrogens with one attached hydrogen (secondary N) is 1. The standard InChI is InChI=1S/C25H24ClN5O2S/c26-22-16-6-2-1-5-15(16)13-18(27-22)25(33)31-11-9-30(10-12-31)14-20-28-23(32)21-17-7-3-4-8-19(17)34-24(21)29-20/h1-2,5-6,13H,3-4,7-12,14H2,(H,28,29,32). The van der Waals surface area contributed by atoms with E-state index in [9.17, 15) is 9.59 Å². The molecule has 2 aliphatic rings. The Bertz CT molecular complexity index is 1470. The third-order valence-electron chi connectivity index (χ3n) is 6.82. The fourth-order valence-corrected chi connectivity index (χ4v) is 6.58. The molecule has 0 radical (unpaired) electrons. The summed E-state index contributed by atoms with van der Waals surface area (Å²) in [6, 6.07) is 9.47. The monoisotopic (exact) mass is 493 g/mol. The number of hydrogen-bond acceptors (Lipinski definition) is 6. The van der Waals surface area contributed by atoms with E-state index in [1.807, 2.05) is 29.2 Å². The predicted octanol–water partition coefficient (Wildman–Crippen LogP) is 4.02. The Labute approximate surface area is 205 Å². The normalized spacial score (nSPS) is 16.8. The van der Waals surface area contributed by atoms with Gasteiger partial charge in [-0.25, -0.2) is 9.97 Å². The molecule has 34 heavy (non-hydrogen) atoms. The second-order valence-corrected chi connectivity index (χ2v) is 10.4. The molecule has 1 saturated heterocycles. The fourth-order valence-electron chi connectivity index (χ4n) is 5.03. The van der Waals surface area contributed by atoms with E-state index in [0.29, 0.717) is 49.4 Å². The summed E-state index contributed by atoms with van der Waals surface area (Å²) in [4.78, 5) is 44.3. The number of amides is 1. The minimum atomic E-state index is -0.107. The zero-order valence-electron chi connectivity index (χ0n) is 18.6. The van der Waals surface area contributed by atoms with Crippen molar-refractivity contribution in [2.75, 3.05) is 26.2 Å². The van der Waals surface area contributed by atoms with E-state index in [4.69, 9.17) is 16.6 Å². The third-order valence-corrected chi connectivity index (χ3v) is 8.29. The lowest BCUT2D eigenvalue weighted by molar-refractivity contribution is 0.0620. The Balaban J connectivity index is 1.15. The molecule has 0 saturated carbocycles. The van der Waals surface area contributed by atoms with E-state index in [0.717, 1.165) is 40.3 Å². The van der Waals surface area contributed by atoms with Gasteiger partial charge in [0, 0.05) is 36.4 Å². The molecule has 3 aromatic heterocycles. The summed E-state index contributed by atoms with van der Waals surface area (Å²) < 4.78 is 0. The van der Waals surface area contributed by atoms with Gasteiger partial charge in [-0.2, -0.15) is 0 Å². The number of halogens is 1. The maximum absolute atomic E-state index is 13.1. The molecule has 0 atom stereocenters. The maximum Gasteiger partial charge on any atom is 0.272 e. The Morgan fingerprint density at radius 1 is 1.09 bits per heavy atom. The van der Waals surface area contributed by atoms with Crippen molar-refractivity contribution in [3.63, 3.8) is 0 Å². The van der Waals surface area contributed by atoms with Crippen LogP contribution in [0.5, 0.6) is 0 Å². The van der Waals surface area contributed by atoms with Gasteiger partial charge in [-0.3, -0.25) is 14.5 Å². The Hall–Kier alpha value is -2.81. The molecule has 1 aliphatic heterocycles. The van der Waals surface area contributed by atoms with Gasteiger partial charge in [0.1, 0.15) is 21.5 Å². The van der Waals surface area contributed by atoms with Crippen LogP contribution in [0, 0.1) is 0 Å². The van der Waals surface area contributed by atoms with Crippen LogP contribution < -0.4 is 5.56 Å². The van der Waals surface area contributed by atoms with Crippen LogP contribution in [0.1, 0.15) is 39.6 Å². The van der Waals surface area contributed by atoms with Gasteiger partial charge in [-0.05, 0) is 42.7 Å². The first-order valence-electron chi connectivity index (χ1n) is 11.7. The van der Waals surface area contributed by atoms with E-state index in [1.165, 1.54) is 16.9 Å². The Morgan fingerprint density at radius 3 is 2.74 bits per heavy atom. The van der Waals surface area contributed by atoms with Crippen molar-refractivity contribution in [3.8, 4) is 0 Å². The molecule has 7 nitrogen and oxygen atoms in total. The van der Waals surface area contributed by atoms with E-state index in [-0.39, 0.29) is 11.5 Å². The molecular weight excluding hydrogens is 470 g/mol. The predicted molar refractivity (Wildman–Crippen MR) is 135 cm³/mol. The van der Waals surface area contributed by atoms with Gasteiger partial charge in [0.05, 0.1) is 11.9 Å². The zero-order valence-corrected chi connectivity index (χ0v) is 20.2. The number of nitrogens with zero attached hydrogens (tertiary/aromatic N) is 4. The fraction of sp³-hybridized carbons (Fsp3) is 0.360. The summed E-state index contributed by atoms with van der Waals surface area (Å²) in [5, 5.41) is 2.89. The van der Waals surface area contributed by atoms with Crippen molar-refractivity contribution in [3.05, 3.63) is 67.8 Å². The summed E-state index contributed by atoms with van der Waals surface area (Å²) in [7, 11) is 0. The van der Waals surface area contributed by atoms with Crippen LogP contribution in [-0.4, -0.2) is 56.8 Å². The maximum atomic E-state index is 13.1. The van der Waals surface area contributed by atoms with Crippen LogP contribution in [0.15, 0.2) is 35.1 Å². The molecule has 1 N–H and O–H groups in total. The minimum Gasteiger partial charge on any atom is -0.335 e. The molecule has 0 unspecified atom stereocenters. The van der Waals surface area contributed by atoms with E-state index < -0.39 is 0 Å². The van der Waals surface area contributed by atoms with Crippen molar-refractivity contribution >= 4 is 49.8 Å². The molecule has 6 rings (SSSR count). The first-order chi connectivity index (χ1) is 16.6. The summed E-state index contributed by atoms with van der Waals surface area (Å²) in [5.74, 6) is 0.586. The summed E-state index contributed by atoms with van der Waals surface area (Å²) in [6.45, 7) is 3.15. The highest BCUT2D eigenvalue weighted by atomic mass is 35.5. The third kappa shape index (κ3) is 3.89. The number of rotatable bonds is 3. The molecule has 4 heterocycles. The minimum absolute atomic E-state index is 0.0209. The Kier molecular flexibility index (Phi) is 5.59. The number of benzene rings is 1. The zero-order chi connectivity index (χ0) is 23.2. The number of aromatic nitrogens is 3. The molecule has 174 valence electrons. The van der Waals surface area contributed by atoms with E-state index in [1.54, 1.807) is 17.4 Å². The number of pyridine rings is 1. The van der Waals surface area contributed by atoms with Crippen molar-refractivity contribution in [2.24, 2.45) is 0 Å². The lowest BCUT2D eigenvalue weighted by Crippen LogP contribution is -2.48. The number of fused-ring (bicyclic) bond motifs is 4. The second kappa shape index (κ2) is 8.76. The van der Waals surface area contributed by atoms with Crippen LogP contribution in [0.3, 0.4) is 0 Å². The number of H-pyrrole nitrogens is 1. The highest BCUT2D eigenvalue weighted by Gasteiger charge is 2.25. The number of aryl methyl sites for hydroxylation is 2. The van der Waals surface area contributed by atoms with Crippen LogP contribution in [0.4, 0.5) is 0 Å². The van der Waals surface area contributed by atoms with Crippen LogP contribution in [0.2, 0.25) is 5.15 Å². The molecule has 4 aromatic rings. The first-order valence-corrected chi connectivity index (χ1v) is 12.9. The van der Waals surface area contributed by atoms with Crippen LogP contribution in [0.25, 0.3) is 21.0 Å². The summed E-state index contributed by atoms with van der Waals surface area (Å²) in [5.41, 5.74) is 1.56. The van der Waals surface area contributed by atoms with Crippen LogP contribution in [-0.2, 0) is 19.4 Å². The number of thiophene rings is 1. The van der Waals surface area contributed by atoms with E-state index >= 15 is 0 Å².